The van der Waals surface area contributed by atoms with E-state index in [4.69, 9.17) is 4.74 Å². The maximum absolute atomic E-state index is 14.4. The Hall–Kier alpha value is -0.170. The Balaban J connectivity index is 1.76. The monoisotopic (exact) mass is 378 g/mol. The molecular formula is C14H20FIN2O. The molecule has 19 heavy (non-hydrogen) atoms. The predicted octanol–water partition coefficient (Wildman–Crippen LogP) is 3.55. The lowest BCUT2D eigenvalue weighted by Gasteiger charge is -2.22. The molecule has 2 fully saturated rings. The topological polar surface area (TPSA) is 27.1 Å². The first-order chi connectivity index (χ1) is 8.95. The third kappa shape index (κ3) is 2.33. The molecule has 0 N–H and O–H groups in total. The SMILES string of the molecule is COCC1(F)C[C@@H]2C(c3cc(I)nn3C(C)C)[C@@H]2C1. The summed E-state index contributed by atoms with van der Waals surface area (Å²) in [6.07, 6.45) is 1.30. The van der Waals surface area contributed by atoms with Gasteiger partial charge in [-0.15, -0.1) is 0 Å². The van der Waals surface area contributed by atoms with Crippen LogP contribution in [0.4, 0.5) is 4.39 Å². The molecule has 0 amide bonds. The molecule has 2 saturated carbocycles. The average Bonchev–Trinajstić information content (AvgIpc) is 2.70. The molecule has 106 valence electrons. The number of rotatable bonds is 4. The van der Waals surface area contributed by atoms with Gasteiger partial charge in [0.1, 0.15) is 9.37 Å². The normalized spacial score (nSPS) is 36.8. The molecule has 0 spiro atoms. The fourth-order valence-corrected chi connectivity index (χ4v) is 4.34. The summed E-state index contributed by atoms with van der Waals surface area (Å²) in [6, 6.07) is 2.54. The molecule has 3 nitrogen and oxygen atoms in total. The molecule has 1 aromatic heterocycles. The lowest BCUT2D eigenvalue weighted by atomic mass is 9.96. The molecule has 2 aliphatic rings. The quantitative estimate of drug-likeness (QED) is 0.750. The summed E-state index contributed by atoms with van der Waals surface area (Å²) in [5.74, 6) is 1.49. The smallest absolute Gasteiger partial charge is 0.134 e. The third-order valence-corrected chi connectivity index (χ3v) is 5.03. The average molecular weight is 378 g/mol. The molecule has 0 radical (unpaired) electrons. The fourth-order valence-electron chi connectivity index (χ4n) is 3.79. The number of alkyl halides is 1. The van der Waals surface area contributed by atoms with E-state index in [1.54, 1.807) is 7.11 Å². The minimum atomic E-state index is -1.09. The maximum Gasteiger partial charge on any atom is 0.134 e. The van der Waals surface area contributed by atoms with Crippen LogP contribution in [0.25, 0.3) is 0 Å². The van der Waals surface area contributed by atoms with Crippen molar-refractivity contribution in [2.75, 3.05) is 13.7 Å². The summed E-state index contributed by atoms with van der Waals surface area (Å²) >= 11 is 2.26. The van der Waals surface area contributed by atoms with Gasteiger partial charge in [0.15, 0.2) is 0 Å². The Morgan fingerprint density at radius 3 is 2.68 bits per heavy atom. The fraction of sp³-hybridized carbons (Fsp3) is 0.786. The highest BCUT2D eigenvalue weighted by Gasteiger charge is 2.63. The highest BCUT2D eigenvalue weighted by Crippen LogP contribution is 2.66. The molecule has 2 aliphatic carbocycles. The second-order valence-corrected chi connectivity index (χ2v) is 7.38. The number of aromatic nitrogens is 2. The van der Waals surface area contributed by atoms with Crippen LogP contribution in [0.5, 0.6) is 0 Å². The van der Waals surface area contributed by atoms with Gasteiger partial charge in [-0.3, -0.25) is 4.68 Å². The summed E-state index contributed by atoms with van der Waals surface area (Å²) in [5, 5.41) is 4.56. The second kappa shape index (κ2) is 4.69. The number of hydrogen-bond donors (Lipinski definition) is 0. The van der Waals surface area contributed by atoms with Crippen molar-refractivity contribution in [3.63, 3.8) is 0 Å². The van der Waals surface area contributed by atoms with Gasteiger partial charge in [-0.2, -0.15) is 5.10 Å². The van der Waals surface area contributed by atoms with Crippen molar-refractivity contribution < 1.29 is 9.13 Å². The maximum atomic E-state index is 14.4. The molecule has 3 rings (SSSR count). The van der Waals surface area contributed by atoms with Gasteiger partial charge in [0.25, 0.3) is 0 Å². The lowest BCUT2D eigenvalue weighted by molar-refractivity contribution is 0.0353. The molecule has 1 heterocycles. The van der Waals surface area contributed by atoms with Gasteiger partial charge in [-0.1, -0.05) is 0 Å². The standard InChI is InChI=1S/C14H20FIN2O/c1-8(2)18-11(4-12(16)17-18)13-9-5-14(15,7-19-3)6-10(9)13/h4,8-10,13H,5-7H2,1-3H3/t9-,10+,13?,14?. The minimum Gasteiger partial charge on any atom is -0.381 e. The zero-order valence-corrected chi connectivity index (χ0v) is 13.7. The van der Waals surface area contributed by atoms with E-state index in [1.165, 1.54) is 5.69 Å². The zero-order chi connectivity index (χ0) is 13.8. The molecule has 0 bridgehead atoms. The van der Waals surface area contributed by atoms with E-state index in [9.17, 15) is 4.39 Å². The van der Waals surface area contributed by atoms with Crippen LogP contribution in [-0.4, -0.2) is 29.2 Å². The van der Waals surface area contributed by atoms with Gasteiger partial charge in [-0.25, -0.2) is 4.39 Å². The van der Waals surface area contributed by atoms with Crippen molar-refractivity contribution in [3.05, 3.63) is 15.5 Å². The highest BCUT2D eigenvalue weighted by molar-refractivity contribution is 14.1. The molecule has 4 atom stereocenters. The van der Waals surface area contributed by atoms with E-state index in [0.717, 1.165) is 3.70 Å². The third-order valence-electron chi connectivity index (χ3n) is 4.50. The number of nitrogens with zero attached hydrogens (tertiary/aromatic N) is 2. The van der Waals surface area contributed by atoms with Gasteiger partial charge >= 0.3 is 0 Å². The first kappa shape index (κ1) is 13.8. The van der Waals surface area contributed by atoms with Crippen molar-refractivity contribution in [2.45, 2.75) is 44.3 Å². The summed E-state index contributed by atoms with van der Waals surface area (Å²) in [6.45, 7) is 4.54. The number of methoxy groups -OCH3 is 1. The number of ether oxygens (including phenoxy) is 1. The Labute approximate surface area is 127 Å². The zero-order valence-electron chi connectivity index (χ0n) is 11.6. The van der Waals surface area contributed by atoms with Crippen molar-refractivity contribution in [1.82, 2.24) is 9.78 Å². The van der Waals surface area contributed by atoms with Crippen molar-refractivity contribution in [3.8, 4) is 0 Å². The van der Waals surface area contributed by atoms with Gasteiger partial charge < -0.3 is 4.74 Å². The molecule has 0 saturated heterocycles. The van der Waals surface area contributed by atoms with Gasteiger partial charge in [-0.05, 0) is 67.2 Å². The molecular weight excluding hydrogens is 358 g/mol. The van der Waals surface area contributed by atoms with Crippen LogP contribution < -0.4 is 0 Å². The molecule has 0 aliphatic heterocycles. The molecule has 1 aromatic rings. The summed E-state index contributed by atoms with van der Waals surface area (Å²) in [7, 11) is 1.58. The summed E-state index contributed by atoms with van der Waals surface area (Å²) in [5.41, 5.74) is 0.213. The van der Waals surface area contributed by atoms with E-state index < -0.39 is 5.67 Å². The Kier molecular flexibility index (Phi) is 3.40. The molecule has 5 heteroatoms. The Morgan fingerprint density at radius 1 is 1.53 bits per heavy atom. The van der Waals surface area contributed by atoms with E-state index in [2.05, 4.69) is 52.3 Å². The van der Waals surface area contributed by atoms with Crippen LogP contribution in [0, 0.1) is 15.5 Å². The van der Waals surface area contributed by atoms with Gasteiger partial charge in [0.05, 0.1) is 6.61 Å². The Morgan fingerprint density at radius 2 is 2.16 bits per heavy atom. The van der Waals surface area contributed by atoms with Crippen LogP contribution in [0.1, 0.15) is 44.3 Å². The predicted molar refractivity (Wildman–Crippen MR) is 80.0 cm³/mol. The number of fused-ring (bicyclic) bond motifs is 1. The van der Waals surface area contributed by atoms with Crippen LogP contribution in [0.3, 0.4) is 0 Å². The summed E-state index contributed by atoms with van der Waals surface area (Å²) < 4.78 is 22.6. The minimum absolute atomic E-state index is 0.244. The van der Waals surface area contributed by atoms with E-state index in [1.807, 2.05) is 0 Å². The number of hydrogen-bond acceptors (Lipinski definition) is 2. The van der Waals surface area contributed by atoms with E-state index in [0.29, 0.717) is 36.6 Å². The van der Waals surface area contributed by atoms with E-state index in [-0.39, 0.29) is 6.61 Å². The second-order valence-electron chi connectivity index (χ2n) is 6.28. The molecule has 2 unspecified atom stereocenters. The lowest BCUT2D eigenvalue weighted by Crippen LogP contribution is -2.27. The van der Waals surface area contributed by atoms with Crippen molar-refractivity contribution in [2.24, 2.45) is 11.8 Å². The highest BCUT2D eigenvalue weighted by atomic mass is 127. The number of halogens is 2. The van der Waals surface area contributed by atoms with Crippen LogP contribution in [0.15, 0.2) is 6.07 Å². The van der Waals surface area contributed by atoms with Crippen LogP contribution >= 0.6 is 22.6 Å². The van der Waals surface area contributed by atoms with Crippen LogP contribution in [-0.2, 0) is 4.74 Å². The van der Waals surface area contributed by atoms with Crippen molar-refractivity contribution >= 4 is 22.6 Å². The first-order valence-electron chi connectivity index (χ1n) is 6.88. The Bertz CT molecular complexity index is 476. The van der Waals surface area contributed by atoms with Gasteiger partial charge in [0.2, 0.25) is 0 Å². The molecule has 0 aromatic carbocycles. The van der Waals surface area contributed by atoms with Crippen molar-refractivity contribution in [1.29, 1.82) is 0 Å². The van der Waals surface area contributed by atoms with Gasteiger partial charge in [0, 0.05) is 24.8 Å². The largest absolute Gasteiger partial charge is 0.381 e. The summed E-state index contributed by atoms with van der Waals surface area (Å²) in [4.78, 5) is 0. The van der Waals surface area contributed by atoms with E-state index >= 15 is 0 Å². The van der Waals surface area contributed by atoms with Crippen LogP contribution in [0.2, 0.25) is 0 Å². The first-order valence-corrected chi connectivity index (χ1v) is 7.96.